The van der Waals surface area contributed by atoms with Crippen molar-refractivity contribution in [3.63, 3.8) is 0 Å². The summed E-state index contributed by atoms with van der Waals surface area (Å²) in [4.78, 5) is 11.1. The zero-order valence-electron chi connectivity index (χ0n) is 29.4. The average Bonchev–Trinajstić information content (AvgIpc) is 3.85. The van der Waals surface area contributed by atoms with Gasteiger partial charge in [0.25, 0.3) is 0 Å². The number of rotatable bonds is 17. The number of benzene rings is 4. The van der Waals surface area contributed by atoms with Crippen LogP contribution in [0.15, 0.2) is 89.9 Å². The number of hydrogen-bond acceptors (Lipinski definition) is 3. The third kappa shape index (κ3) is 8.01. The van der Waals surface area contributed by atoms with Gasteiger partial charge in [0.2, 0.25) is 0 Å². The zero-order chi connectivity index (χ0) is 32.4. The number of hydrogen-bond donors (Lipinski definition) is 0. The van der Waals surface area contributed by atoms with Crippen molar-refractivity contribution >= 4 is 27.8 Å². The number of fused-ring (bicyclic) bond motifs is 2. The molecule has 2 aliphatic heterocycles. The molecule has 2 unspecified atom stereocenters. The van der Waals surface area contributed by atoms with Gasteiger partial charge in [-0.2, -0.15) is 0 Å². The molecular weight excluding hydrogens is 571 g/mol. The normalized spacial score (nSPS) is 18.8. The lowest BCUT2D eigenvalue weighted by Crippen LogP contribution is -2.37. The van der Waals surface area contributed by atoms with Crippen LogP contribution in [-0.2, 0) is 10.8 Å². The molecule has 3 nitrogen and oxygen atoms in total. The van der Waals surface area contributed by atoms with Gasteiger partial charge < -0.3 is 9.80 Å². The number of nitrogens with zero attached hydrogens (tertiary/aromatic N) is 3. The van der Waals surface area contributed by atoms with Crippen LogP contribution in [-0.4, -0.2) is 61.8 Å². The molecule has 2 atom stereocenters. The fraction of sp³-hybridized carbons (Fsp3) is 0.523. The molecule has 3 heteroatoms. The maximum absolute atomic E-state index is 5.72. The van der Waals surface area contributed by atoms with E-state index in [9.17, 15) is 0 Å². The molecule has 0 amide bonds. The second-order valence-electron chi connectivity index (χ2n) is 14.8. The van der Waals surface area contributed by atoms with E-state index in [0.717, 1.165) is 25.9 Å². The molecule has 47 heavy (non-hydrogen) atoms. The minimum Gasteiger partial charge on any atom is -0.303 e. The first kappa shape index (κ1) is 33.9. The van der Waals surface area contributed by atoms with Crippen LogP contribution in [0.25, 0.3) is 21.5 Å². The van der Waals surface area contributed by atoms with E-state index in [4.69, 9.17) is 4.99 Å². The smallest absolute Gasteiger partial charge is 0.0483 e. The van der Waals surface area contributed by atoms with E-state index in [1.54, 1.807) is 0 Å². The number of likely N-dealkylation sites (tertiary alicyclic amines) is 2. The standard InChI is InChI=1S/C44H59N3/c1-3-5-25-43(27-33-46-29-11-12-30-46,41-23-15-19-37-17-7-9-21-39(37)41)35-45-36-44(26-6-4-2,28-34-47-31-13-14-32-47)42-24-16-20-38-18-8-10-22-40(38)42/h7-10,15-24,35H,3-6,11-14,25-34,36H2,1-2H3. The van der Waals surface area contributed by atoms with Crippen molar-refractivity contribution in [3.8, 4) is 0 Å². The molecular formula is C44H59N3. The summed E-state index contributed by atoms with van der Waals surface area (Å²) in [6.45, 7) is 12.9. The van der Waals surface area contributed by atoms with Gasteiger partial charge in [-0.15, -0.1) is 0 Å². The maximum atomic E-state index is 5.72. The molecule has 0 radical (unpaired) electrons. The minimum atomic E-state index is -0.0797. The molecule has 0 aliphatic carbocycles. The van der Waals surface area contributed by atoms with Crippen molar-refractivity contribution < 1.29 is 0 Å². The summed E-state index contributed by atoms with van der Waals surface area (Å²) in [6.07, 6.45) is 17.4. The van der Waals surface area contributed by atoms with Gasteiger partial charge in [-0.25, -0.2) is 0 Å². The molecule has 2 saturated heterocycles. The van der Waals surface area contributed by atoms with Gasteiger partial charge in [-0.1, -0.05) is 124 Å². The zero-order valence-corrected chi connectivity index (χ0v) is 29.4. The van der Waals surface area contributed by atoms with Crippen LogP contribution < -0.4 is 0 Å². The van der Waals surface area contributed by atoms with Crippen LogP contribution >= 0.6 is 0 Å². The van der Waals surface area contributed by atoms with Crippen LogP contribution in [0, 0.1) is 0 Å². The fourth-order valence-electron chi connectivity index (χ4n) is 8.72. The Morgan fingerprint density at radius 1 is 0.574 bits per heavy atom. The Morgan fingerprint density at radius 3 is 1.70 bits per heavy atom. The van der Waals surface area contributed by atoms with Crippen molar-refractivity contribution in [1.29, 1.82) is 0 Å². The Kier molecular flexibility index (Phi) is 11.8. The van der Waals surface area contributed by atoms with E-state index >= 15 is 0 Å². The second-order valence-corrected chi connectivity index (χ2v) is 14.8. The fourth-order valence-corrected chi connectivity index (χ4v) is 8.72. The van der Waals surface area contributed by atoms with Crippen LogP contribution in [0.3, 0.4) is 0 Å². The highest BCUT2D eigenvalue weighted by Gasteiger charge is 2.36. The third-order valence-corrected chi connectivity index (χ3v) is 11.6. The predicted molar refractivity (Wildman–Crippen MR) is 204 cm³/mol. The lowest BCUT2D eigenvalue weighted by Gasteiger charge is -2.37. The molecule has 250 valence electrons. The lowest BCUT2D eigenvalue weighted by atomic mass is 9.71. The Morgan fingerprint density at radius 2 is 1.09 bits per heavy atom. The van der Waals surface area contributed by atoms with Crippen molar-refractivity contribution in [1.82, 2.24) is 9.80 Å². The first-order chi connectivity index (χ1) is 23.2. The SMILES string of the molecule is CCCCC(C=NCC(CCCC)(CCN1CCCC1)c1cccc2ccccc12)(CCN1CCCC1)c1cccc2ccccc12. The summed E-state index contributed by atoms with van der Waals surface area (Å²) in [5.41, 5.74) is 2.93. The van der Waals surface area contributed by atoms with Crippen molar-refractivity contribution in [2.45, 2.75) is 102 Å². The molecule has 2 heterocycles. The van der Waals surface area contributed by atoms with Gasteiger partial charge in [-0.3, -0.25) is 4.99 Å². The summed E-state index contributed by atoms with van der Waals surface area (Å²) in [6, 6.07) is 32.2. The second kappa shape index (κ2) is 16.4. The van der Waals surface area contributed by atoms with Gasteiger partial charge in [-0.05, 0) is 123 Å². The molecule has 6 rings (SSSR count). The van der Waals surface area contributed by atoms with Crippen molar-refractivity contribution in [2.75, 3.05) is 45.8 Å². The van der Waals surface area contributed by atoms with E-state index in [-0.39, 0.29) is 10.8 Å². The minimum absolute atomic E-state index is 0.0141. The number of unbranched alkanes of at least 4 members (excludes halogenated alkanes) is 2. The van der Waals surface area contributed by atoms with Crippen LogP contribution in [0.1, 0.15) is 102 Å². The Labute approximate surface area is 285 Å². The maximum Gasteiger partial charge on any atom is 0.0483 e. The summed E-state index contributed by atoms with van der Waals surface area (Å²) in [7, 11) is 0. The molecule has 2 fully saturated rings. The first-order valence-corrected chi connectivity index (χ1v) is 19.1. The predicted octanol–water partition coefficient (Wildman–Crippen LogP) is 10.6. The number of aliphatic imine (C=N–C) groups is 1. The summed E-state index contributed by atoms with van der Waals surface area (Å²) >= 11 is 0. The first-order valence-electron chi connectivity index (χ1n) is 19.1. The largest absolute Gasteiger partial charge is 0.303 e. The highest BCUT2D eigenvalue weighted by molar-refractivity contribution is 5.91. The van der Waals surface area contributed by atoms with Gasteiger partial charge in [0, 0.05) is 23.6 Å². The van der Waals surface area contributed by atoms with E-state index in [0.29, 0.717) is 0 Å². The highest BCUT2D eigenvalue weighted by Crippen LogP contribution is 2.41. The summed E-state index contributed by atoms with van der Waals surface area (Å²) in [5.74, 6) is 0. The van der Waals surface area contributed by atoms with Crippen LogP contribution in [0.5, 0.6) is 0 Å². The van der Waals surface area contributed by atoms with Gasteiger partial charge >= 0.3 is 0 Å². The van der Waals surface area contributed by atoms with Crippen molar-refractivity contribution in [2.24, 2.45) is 4.99 Å². The van der Waals surface area contributed by atoms with E-state index in [1.165, 1.54) is 130 Å². The van der Waals surface area contributed by atoms with Gasteiger partial charge in [0.1, 0.15) is 0 Å². The Balaban J connectivity index is 1.43. The quantitative estimate of drug-likeness (QED) is 0.108. The highest BCUT2D eigenvalue weighted by atomic mass is 15.1. The van der Waals surface area contributed by atoms with Gasteiger partial charge in [0.05, 0.1) is 0 Å². The van der Waals surface area contributed by atoms with E-state index in [1.807, 2.05) is 0 Å². The van der Waals surface area contributed by atoms with Gasteiger partial charge in [0.15, 0.2) is 0 Å². The molecule has 0 saturated carbocycles. The molecule has 0 bridgehead atoms. The van der Waals surface area contributed by atoms with E-state index < -0.39 is 0 Å². The monoisotopic (exact) mass is 629 g/mol. The molecule has 4 aromatic carbocycles. The topological polar surface area (TPSA) is 18.8 Å². The molecule has 0 N–H and O–H groups in total. The molecule has 0 spiro atoms. The molecule has 2 aliphatic rings. The lowest BCUT2D eigenvalue weighted by molar-refractivity contribution is 0.268. The Bertz CT molecular complexity index is 1570. The van der Waals surface area contributed by atoms with Crippen LogP contribution in [0.2, 0.25) is 0 Å². The Hall–Kier alpha value is -3.01. The average molecular weight is 630 g/mol. The molecule has 4 aromatic rings. The molecule has 0 aromatic heterocycles. The van der Waals surface area contributed by atoms with Crippen LogP contribution in [0.4, 0.5) is 0 Å². The summed E-state index contributed by atoms with van der Waals surface area (Å²) in [5, 5.41) is 5.52. The van der Waals surface area contributed by atoms with E-state index in [2.05, 4.69) is 115 Å². The van der Waals surface area contributed by atoms with Crippen molar-refractivity contribution in [3.05, 3.63) is 96.1 Å². The summed E-state index contributed by atoms with van der Waals surface area (Å²) < 4.78 is 0. The third-order valence-electron chi connectivity index (χ3n) is 11.6.